The van der Waals surface area contributed by atoms with Gasteiger partial charge in [0.25, 0.3) is 0 Å². The zero-order valence-electron chi connectivity index (χ0n) is 11.0. The highest BCUT2D eigenvalue weighted by molar-refractivity contribution is 5.81. The monoisotopic (exact) mass is 247 g/mol. The van der Waals surface area contributed by atoms with Crippen LogP contribution in [0.3, 0.4) is 0 Å². The minimum Gasteiger partial charge on any atom is -0.467 e. The van der Waals surface area contributed by atoms with Gasteiger partial charge in [0, 0.05) is 6.61 Å². The van der Waals surface area contributed by atoms with Gasteiger partial charge >= 0.3 is 12.1 Å². The quantitative estimate of drug-likeness (QED) is 0.736. The fraction of sp³-hybridized carbons (Fsp3) is 0.818. The number of esters is 1. The molecule has 6 nitrogen and oxygen atoms in total. The summed E-state index contributed by atoms with van der Waals surface area (Å²) in [5.74, 6) is -0.565. The second-order valence-corrected chi connectivity index (χ2v) is 4.38. The van der Waals surface area contributed by atoms with Gasteiger partial charge < -0.3 is 19.5 Å². The molecule has 0 saturated carbocycles. The van der Waals surface area contributed by atoms with E-state index in [1.807, 2.05) is 0 Å². The van der Waals surface area contributed by atoms with Crippen molar-refractivity contribution in [3.05, 3.63) is 0 Å². The average Bonchev–Trinajstić information content (AvgIpc) is 2.20. The summed E-state index contributed by atoms with van der Waals surface area (Å²) in [5, 5.41) is 2.40. The van der Waals surface area contributed by atoms with Crippen molar-refractivity contribution in [2.75, 3.05) is 20.3 Å². The summed E-state index contributed by atoms with van der Waals surface area (Å²) >= 11 is 0. The zero-order chi connectivity index (χ0) is 13.5. The molecule has 0 unspecified atom stereocenters. The molecule has 0 aromatic rings. The molecule has 6 heteroatoms. The molecule has 0 aliphatic rings. The van der Waals surface area contributed by atoms with Gasteiger partial charge in [-0.1, -0.05) is 0 Å². The Morgan fingerprint density at radius 1 is 1.29 bits per heavy atom. The summed E-state index contributed by atoms with van der Waals surface area (Å²) in [6.07, 6.45) is -0.674. The maximum atomic E-state index is 11.5. The second-order valence-electron chi connectivity index (χ2n) is 4.38. The van der Waals surface area contributed by atoms with Crippen molar-refractivity contribution >= 4 is 12.1 Å². The Balaban J connectivity index is 4.32. The fourth-order valence-electron chi connectivity index (χ4n) is 0.996. The van der Waals surface area contributed by atoms with Crippen molar-refractivity contribution in [1.82, 2.24) is 5.32 Å². The number of carbonyl (C=O) groups is 2. The highest BCUT2D eigenvalue weighted by Crippen LogP contribution is 2.07. The zero-order valence-corrected chi connectivity index (χ0v) is 11.0. The van der Waals surface area contributed by atoms with E-state index in [1.54, 1.807) is 27.7 Å². The lowest BCUT2D eigenvalue weighted by atomic mass is 10.2. The van der Waals surface area contributed by atoms with E-state index in [-0.39, 0.29) is 6.61 Å². The van der Waals surface area contributed by atoms with Crippen LogP contribution in [0.4, 0.5) is 4.79 Å². The Morgan fingerprint density at radius 2 is 1.88 bits per heavy atom. The Morgan fingerprint density at radius 3 is 2.29 bits per heavy atom. The Labute approximate surface area is 102 Å². The van der Waals surface area contributed by atoms with Gasteiger partial charge in [0.2, 0.25) is 0 Å². The van der Waals surface area contributed by atoms with E-state index in [9.17, 15) is 9.59 Å². The molecule has 0 bridgehead atoms. The van der Waals surface area contributed by atoms with Gasteiger partial charge in [0.15, 0.2) is 6.04 Å². The molecule has 0 aromatic heterocycles. The maximum absolute atomic E-state index is 11.5. The summed E-state index contributed by atoms with van der Waals surface area (Å²) in [4.78, 5) is 22.8. The first-order valence-electron chi connectivity index (χ1n) is 5.45. The van der Waals surface area contributed by atoms with E-state index >= 15 is 0 Å². The van der Waals surface area contributed by atoms with Crippen molar-refractivity contribution in [2.24, 2.45) is 0 Å². The Hall–Kier alpha value is -1.30. The third kappa shape index (κ3) is 7.57. The van der Waals surface area contributed by atoms with E-state index in [4.69, 9.17) is 9.47 Å². The van der Waals surface area contributed by atoms with Gasteiger partial charge in [-0.25, -0.2) is 9.59 Å². The molecule has 0 radical (unpaired) electrons. The van der Waals surface area contributed by atoms with Crippen LogP contribution >= 0.6 is 0 Å². The van der Waals surface area contributed by atoms with Crippen molar-refractivity contribution in [3.8, 4) is 0 Å². The van der Waals surface area contributed by atoms with Gasteiger partial charge in [-0.05, 0) is 27.7 Å². The van der Waals surface area contributed by atoms with Crippen molar-refractivity contribution in [2.45, 2.75) is 39.3 Å². The number of alkyl carbamates (subject to hydrolysis) is 1. The van der Waals surface area contributed by atoms with Gasteiger partial charge in [0.05, 0.1) is 13.7 Å². The number of carbonyl (C=O) groups excluding carboxylic acids is 2. The standard InChI is InChI=1S/C11H21NO5/c1-6-16-7-8(9(13)15-5)12-10(14)17-11(2,3)4/h8H,6-7H2,1-5H3,(H,12,14)/t8-/m0/s1. The molecule has 0 spiro atoms. The van der Waals surface area contributed by atoms with Crippen LogP contribution in [0.1, 0.15) is 27.7 Å². The lowest BCUT2D eigenvalue weighted by Crippen LogP contribution is -2.46. The van der Waals surface area contributed by atoms with Crippen molar-refractivity contribution < 1.29 is 23.8 Å². The number of amides is 1. The number of hydrogen-bond donors (Lipinski definition) is 1. The third-order valence-electron chi connectivity index (χ3n) is 1.67. The first kappa shape index (κ1) is 15.7. The van der Waals surface area contributed by atoms with E-state index in [0.717, 1.165) is 0 Å². The summed E-state index contributed by atoms with van der Waals surface area (Å²) in [7, 11) is 1.25. The SMILES string of the molecule is CCOC[C@H](NC(=O)OC(C)(C)C)C(=O)OC. The van der Waals surface area contributed by atoms with E-state index < -0.39 is 23.7 Å². The van der Waals surface area contributed by atoms with Gasteiger partial charge in [-0.3, -0.25) is 0 Å². The van der Waals surface area contributed by atoms with E-state index in [2.05, 4.69) is 10.1 Å². The Kier molecular flexibility index (Phi) is 6.57. The molecule has 0 rings (SSSR count). The molecule has 1 N–H and O–H groups in total. The lowest BCUT2D eigenvalue weighted by molar-refractivity contribution is -0.144. The summed E-state index contributed by atoms with van der Waals surface area (Å²) in [6, 6.07) is -0.852. The highest BCUT2D eigenvalue weighted by atomic mass is 16.6. The summed E-state index contributed by atoms with van der Waals surface area (Å²) in [6.45, 7) is 7.51. The number of ether oxygens (including phenoxy) is 3. The topological polar surface area (TPSA) is 73.9 Å². The number of hydrogen-bond acceptors (Lipinski definition) is 5. The third-order valence-corrected chi connectivity index (χ3v) is 1.67. The molecule has 0 aliphatic carbocycles. The summed E-state index contributed by atoms with van der Waals surface area (Å²) < 4.78 is 14.7. The molecule has 1 atom stereocenters. The van der Waals surface area contributed by atoms with E-state index in [0.29, 0.717) is 6.61 Å². The van der Waals surface area contributed by atoms with Crippen molar-refractivity contribution in [1.29, 1.82) is 0 Å². The van der Waals surface area contributed by atoms with Crippen LogP contribution in [0.15, 0.2) is 0 Å². The van der Waals surface area contributed by atoms with Crippen LogP contribution in [0, 0.1) is 0 Å². The molecular formula is C11H21NO5. The van der Waals surface area contributed by atoms with Crippen LogP contribution < -0.4 is 5.32 Å². The molecule has 100 valence electrons. The molecule has 1 amide bonds. The van der Waals surface area contributed by atoms with Crippen LogP contribution in [-0.4, -0.2) is 44.0 Å². The molecule has 0 heterocycles. The predicted octanol–water partition coefficient (Wildman–Crippen LogP) is 1.09. The molecule has 0 saturated heterocycles. The first-order chi connectivity index (χ1) is 7.80. The molecule has 17 heavy (non-hydrogen) atoms. The number of rotatable bonds is 5. The smallest absolute Gasteiger partial charge is 0.408 e. The lowest BCUT2D eigenvalue weighted by Gasteiger charge is -2.22. The minimum absolute atomic E-state index is 0.0580. The number of nitrogens with one attached hydrogen (secondary N) is 1. The molecule has 0 fully saturated rings. The van der Waals surface area contributed by atoms with Gasteiger partial charge in [-0.2, -0.15) is 0 Å². The molecule has 0 aliphatic heterocycles. The first-order valence-corrected chi connectivity index (χ1v) is 5.45. The van der Waals surface area contributed by atoms with Crippen molar-refractivity contribution in [3.63, 3.8) is 0 Å². The fourth-order valence-corrected chi connectivity index (χ4v) is 0.996. The van der Waals surface area contributed by atoms with Crippen LogP contribution in [0.5, 0.6) is 0 Å². The average molecular weight is 247 g/mol. The number of methoxy groups -OCH3 is 1. The Bertz CT molecular complexity index is 259. The van der Waals surface area contributed by atoms with Crippen LogP contribution in [0.2, 0.25) is 0 Å². The predicted molar refractivity (Wildman–Crippen MR) is 61.7 cm³/mol. The highest BCUT2D eigenvalue weighted by Gasteiger charge is 2.24. The minimum atomic E-state index is -0.852. The van der Waals surface area contributed by atoms with Crippen LogP contribution in [0.25, 0.3) is 0 Å². The van der Waals surface area contributed by atoms with E-state index in [1.165, 1.54) is 7.11 Å². The largest absolute Gasteiger partial charge is 0.467 e. The normalized spacial score (nSPS) is 12.8. The molecule has 0 aromatic carbocycles. The maximum Gasteiger partial charge on any atom is 0.408 e. The molecular weight excluding hydrogens is 226 g/mol. The van der Waals surface area contributed by atoms with Crippen LogP contribution in [-0.2, 0) is 19.0 Å². The summed E-state index contributed by atoms with van der Waals surface area (Å²) in [5.41, 5.74) is -0.615. The van der Waals surface area contributed by atoms with Gasteiger partial charge in [0.1, 0.15) is 5.60 Å². The second kappa shape index (κ2) is 7.11. The van der Waals surface area contributed by atoms with Gasteiger partial charge in [-0.15, -0.1) is 0 Å².